The number of amides is 1. The standard InChI is InChI=1S/C8H11BrN2O2/c1-11(8(12)4-10)5-6-2-3-7(9)13-6/h2-3H,4-5,10H2,1H3. The maximum absolute atomic E-state index is 11.1. The highest BCUT2D eigenvalue weighted by Crippen LogP contribution is 2.14. The molecule has 72 valence electrons. The molecule has 0 bridgehead atoms. The van der Waals surface area contributed by atoms with Crippen molar-refractivity contribution in [3.8, 4) is 0 Å². The van der Waals surface area contributed by atoms with E-state index in [0.29, 0.717) is 11.2 Å². The van der Waals surface area contributed by atoms with Crippen LogP contribution in [0.2, 0.25) is 0 Å². The van der Waals surface area contributed by atoms with Crippen molar-refractivity contribution >= 4 is 21.8 Å². The van der Waals surface area contributed by atoms with Gasteiger partial charge in [-0.1, -0.05) is 0 Å². The van der Waals surface area contributed by atoms with E-state index in [1.54, 1.807) is 13.1 Å². The highest BCUT2D eigenvalue weighted by Gasteiger charge is 2.08. The molecule has 1 aromatic heterocycles. The molecule has 1 rings (SSSR count). The molecule has 2 N–H and O–H groups in total. The van der Waals surface area contributed by atoms with Gasteiger partial charge in [0.15, 0.2) is 4.67 Å². The molecule has 1 amide bonds. The van der Waals surface area contributed by atoms with Gasteiger partial charge in [-0.25, -0.2) is 0 Å². The highest BCUT2D eigenvalue weighted by atomic mass is 79.9. The van der Waals surface area contributed by atoms with E-state index < -0.39 is 0 Å². The fourth-order valence-corrected chi connectivity index (χ4v) is 1.25. The summed E-state index contributed by atoms with van der Waals surface area (Å²) in [5.41, 5.74) is 5.20. The number of furan rings is 1. The Balaban J connectivity index is 2.54. The highest BCUT2D eigenvalue weighted by molar-refractivity contribution is 9.10. The molecule has 0 fully saturated rings. The minimum absolute atomic E-state index is 0.0262. The van der Waals surface area contributed by atoms with E-state index >= 15 is 0 Å². The molecule has 0 aliphatic rings. The van der Waals surface area contributed by atoms with Crippen molar-refractivity contribution in [3.63, 3.8) is 0 Å². The van der Waals surface area contributed by atoms with E-state index in [1.165, 1.54) is 4.90 Å². The van der Waals surface area contributed by atoms with Crippen molar-refractivity contribution in [1.82, 2.24) is 4.90 Å². The van der Waals surface area contributed by atoms with Crippen LogP contribution in [0.4, 0.5) is 0 Å². The summed E-state index contributed by atoms with van der Waals surface area (Å²) < 4.78 is 5.89. The van der Waals surface area contributed by atoms with Crippen LogP contribution in [0.25, 0.3) is 0 Å². The van der Waals surface area contributed by atoms with Crippen LogP contribution < -0.4 is 5.73 Å². The summed E-state index contributed by atoms with van der Waals surface area (Å²) in [6.45, 7) is 0.472. The second kappa shape index (κ2) is 4.43. The van der Waals surface area contributed by atoms with Gasteiger partial charge in [-0.05, 0) is 28.1 Å². The Morgan fingerprint density at radius 3 is 2.85 bits per heavy atom. The maximum atomic E-state index is 11.1. The Bertz CT molecular complexity index is 298. The van der Waals surface area contributed by atoms with Crippen LogP contribution in [-0.2, 0) is 11.3 Å². The zero-order valence-corrected chi connectivity index (χ0v) is 8.87. The van der Waals surface area contributed by atoms with Crippen molar-refractivity contribution in [2.45, 2.75) is 6.54 Å². The molecular weight excluding hydrogens is 236 g/mol. The lowest BCUT2D eigenvalue weighted by atomic mass is 10.4. The van der Waals surface area contributed by atoms with Crippen LogP contribution >= 0.6 is 15.9 Å². The van der Waals surface area contributed by atoms with E-state index in [4.69, 9.17) is 10.2 Å². The summed E-state index contributed by atoms with van der Waals surface area (Å²) in [5, 5.41) is 0. The van der Waals surface area contributed by atoms with E-state index in [2.05, 4.69) is 15.9 Å². The number of nitrogens with zero attached hydrogens (tertiary/aromatic N) is 1. The van der Waals surface area contributed by atoms with Gasteiger partial charge in [-0.2, -0.15) is 0 Å². The first kappa shape index (κ1) is 10.3. The molecule has 0 spiro atoms. The molecule has 0 aliphatic heterocycles. The zero-order valence-electron chi connectivity index (χ0n) is 7.29. The van der Waals surface area contributed by atoms with Gasteiger partial charge in [-0.3, -0.25) is 4.79 Å². The summed E-state index contributed by atoms with van der Waals surface area (Å²) >= 11 is 3.18. The molecule has 4 nitrogen and oxygen atoms in total. The number of hydrogen-bond acceptors (Lipinski definition) is 3. The Labute approximate surface area is 84.8 Å². The van der Waals surface area contributed by atoms with Crippen LogP contribution in [0, 0.1) is 0 Å². The summed E-state index contributed by atoms with van der Waals surface area (Å²) in [7, 11) is 1.69. The second-order valence-corrected chi connectivity index (χ2v) is 3.44. The first-order chi connectivity index (χ1) is 6.13. The average molecular weight is 247 g/mol. The average Bonchev–Trinajstić information content (AvgIpc) is 2.49. The van der Waals surface area contributed by atoms with Gasteiger partial charge >= 0.3 is 0 Å². The Morgan fingerprint density at radius 2 is 2.38 bits per heavy atom. The molecule has 0 saturated carbocycles. The number of hydrogen-bond donors (Lipinski definition) is 1. The van der Waals surface area contributed by atoms with E-state index in [1.807, 2.05) is 6.07 Å². The van der Waals surface area contributed by atoms with Gasteiger partial charge in [0.25, 0.3) is 0 Å². The summed E-state index contributed by atoms with van der Waals surface area (Å²) in [4.78, 5) is 12.6. The first-order valence-corrected chi connectivity index (χ1v) is 4.61. The molecule has 0 saturated heterocycles. The van der Waals surface area contributed by atoms with Crippen LogP contribution in [0.15, 0.2) is 21.2 Å². The molecule has 0 aromatic carbocycles. The SMILES string of the molecule is CN(Cc1ccc(Br)o1)C(=O)CN. The summed E-state index contributed by atoms with van der Waals surface area (Å²) in [6, 6.07) is 3.60. The van der Waals surface area contributed by atoms with E-state index in [9.17, 15) is 4.79 Å². The van der Waals surface area contributed by atoms with E-state index in [-0.39, 0.29) is 12.5 Å². The predicted octanol–water partition coefficient (Wildman–Crippen LogP) is 0.959. The third-order valence-electron chi connectivity index (χ3n) is 1.62. The lowest BCUT2D eigenvalue weighted by Crippen LogP contribution is -2.31. The Morgan fingerprint density at radius 1 is 1.69 bits per heavy atom. The molecule has 1 aromatic rings. The number of carbonyl (C=O) groups is 1. The topological polar surface area (TPSA) is 59.5 Å². The van der Waals surface area contributed by atoms with Crippen molar-refractivity contribution < 1.29 is 9.21 Å². The maximum Gasteiger partial charge on any atom is 0.236 e. The number of nitrogens with two attached hydrogens (primary N) is 1. The van der Waals surface area contributed by atoms with Gasteiger partial charge in [-0.15, -0.1) is 0 Å². The number of likely N-dealkylation sites (N-methyl/N-ethyl adjacent to an activating group) is 1. The molecule has 0 radical (unpaired) electrons. The smallest absolute Gasteiger partial charge is 0.236 e. The predicted molar refractivity (Wildman–Crippen MR) is 51.9 cm³/mol. The monoisotopic (exact) mass is 246 g/mol. The molecule has 13 heavy (non-hydrogen) atoms. The minimum atomic E-state index is -0.104. The van der Waals surface area contributed by atoms with Crippen molar-refractivity contribution in [2.24, 2.45) is 5.73 Å². The number of carbonyl (C=O) groups excluding carboxylic acids is 1. The Kier molecular flexibility index (Phi) is 3.50. The largest absolute Gasteiger partial charge is 0.452 e. The number of halogens is 1. The summed E-state index contributed by atoms with van der Waals surface area (Å²) in [6.07, 6.45) is 0. The number of rotatable bonds is 3. The molecule has 1 heterocycles. The molecular formula is C8H11BrN2O2. The van der Waals surface area contributed by atoms with Gasteiger partial charge in [0.2, 0.25) is 5.91 Å². The minimum Gasteiger partial charge on any atom is -0.452 e. The molecule has 5 heteroatoms. The van der Waals surface area contributed by atoms with Crippen LogP contribution in [-0.4, -0.2) is 24.4 Å². The molecule has 0 unspecified atom stereocenters. The summed E-state index contributed by atoms with van der Waals surface area (Å²) in [5.74, 6) is 0.628. The Hall–Kier alpha value is -0.810. The fourth-order valence-electron chi connectivity index (χ4n) is 0.914. The van der Waals surface area contributed by atoms with Crippen molar-refractivity contribution in [1.29, 1.82) is 0 Å². The zero-order chi connectivity index (χ0) is 9.84. The van der Waals surface area contributed by atoms with Crippen LogP contribution in [0.3, 0.4) is 0 Å². The van der Waals surface area contributed by atoms with Crippen LogP contribution in [0.1, 0.15) is 5.76 Å². The normalized spacial score (nSPS) is 10.1. The second-order valence-electron chi connectivity index (χ2n) is 2.66. The van der Waals surface area contributed by atoms with Crippen LogP contribution in [0.5, 0.6) is 0 Å². The lowest BCUT2D eigenvalue weighted by Gasteiger charge is -2.13. The third-order valence-corrected chi connectivity index (χ3v) is 2.05. The van der Waals surface area contributed by atoms with Crippen molar-refractivity contribution in [2.75, 3.05) is 13.6 Å². The molecule has 0 aliphatic carbocycles. The third kappa shape index (κ3) is 2.86. The quantitative estimate of drug-likeness (QED) is 0.865. The lowest BCUT2D eigenvalue weighted by molar-refractivity contribution is -0.129. The van der Waals surface area contributed by atoms with Gasteiger partial charge < -0.3 is 15.1 Å². The first-order valence-electron chi connectivity index (χ1n) is 3.81. The van der Waals surface area contributed by atoms with Gasteiger partial charge in [0.1, 0.15) is 5.76 Å². The van der Waals surface area contributed by atoms with E-state index in [0.717, 1.165) is 5.76 Å². The van der Waals surface area contributed by atoms with Gasteiger partial charge in [0, 0.05) is 7.05 Å². The fraction of sp³-hybridized carbons (Fsp3) is 0.375. The van der Waals surface area contributed by atoms with Gasteiger partial charge in [0.05, 0.1) is 13.1 Å². The van der Waals surface area contributed by atoms with Crippen molar-refractivity contribution in [3.05, 3.63) is 22.6 Å². The molecule has 0 atom stereocenters.